The van der Waals surface area contributed by atoms with Crippen LogP contribution in [0.25, 0.3) is 0 Å². The normalized spacial score (nSPS) is 11.7. The molecule has 0 aliphatic rings. The maximum atomic E-state index is 12.0. The van der Waals surface area contributed by atoms with Crippen molar-refractivity contribution < 1.29 is 9.53 Å². The van der Waals surface area contributed by atoms with E-state index in [2.05, 4.69) is 17.4 Å². The zero-order chi connectivity index (χ0) is 15.8. The molecular weight excluding hydrogens is 274 g/mol. The molecule has 2 aromatic rings. The molecule has 22 heavy (non-hydrogen) atoms. The van der Waals surface area contributed by atoms with Gasteiger partial charge in [0.2, 0.25) is 0 Å². The van der Waals surface area contributed by atoms with Crippen molar-refractivity contribution in [3.05, 3.63) is 65.7 Å². The third kappa shape index (κ3) is 5.24. The average Bonchev–Trinajstić information content (AvgIpc) is 2.54. The minimum atomic E-state index is -0.487. The smallest absolute Gasteiger partial charge is 0.260 e. The van der Waals surface area contributed by atoms with Crippen LogP contribution in [0, 0.1) is 6.92 Å². The molecule has 0 fully saturated rings. The van der Waals surface area contributed by atoms with E-state index in [9.17, 15) is 4.79 Å². The largest absolute Gasteiger partial charge is 0.481 e. The van der Waals surface area contributed by atoms with Crippen molar-refractivity contribution >= 4 is 5.91 Å². The summed E-state index contributed by atoms with van der Waals surface area (Å²) in [4.78, 5) is 12.0. The summed E-state index contributed by atoms with van der Waals surface area (Å²) < 4.78 is 5.63. The molecule has 1 N–H and O–H groups in total. The summed E-state index contributed by atoms with van der Waals surface area (Å²) in [7, 11) is 0. The summed E-state index contributed by atoms with van der Waals surface area (Å²) in [6.07, 6.45) is 1.40. The molecule has 0 aliphatic carbocycles. The van der Waals surface area contributed by atoms with Crippen LogP contribution in [0.5, 0.6) is 5.75 Å². The number of rotatable bonds is 7. The lowest BCUT2D eigenvalue weighted by Crippen LogP contribution is -2.36. The van der Waals surface area contributed by atoms with Crippen molar-refractivity contribution in [1.82, 2.24) is 5.32 Å². The van der Waals surface area contributed by atoms with Gasteiger partial charge in [0.1, 0.15) is 5.75 Å². The van der Waals surface area contributed by atoms with Crippen LogP contribution in [0.4, 0.5) is 0 Å². The monoisotopic (exact) mass is 297 g/mol. The molecule has 0 unspecified atom stereocenters. The first-order chi connectivity index (χ1) is 10.6. The minimum Gasteiger partial charge on any atom is -0.481 e. The second-order valence-corrected chi connectivity index (χ2v) is 5.45. The van der Waals surface area contributed by atoms with Gasteiger partial charge < -0.3 is 10.1 Å². The highest BCUT2D eigenvalue weighted by Crippen LogP contribution is 2.13. The van der Waals surface area contributed by atoms with E-state index in [0.29, 0.717) is 6.54 Å². The Hall–Kier alpha value is -2.29. The summed E-state index contributed by atoms with van der Waals surface area (Å²) in [6.45, 7) is 4.45. The molecule has 0 saturated heterocycles. The van der Waals surface area contributed by atoms with Crippen LogP contribution >= 0.6 is 0 Å². The summed E-state index contributed by atoms with van der Waals surface area (Å²) >= 11 is 0. The quantitative estimate of drug-likeness (QED) is 0.794. The Labute approximate surface area is 132 Å². The lowest BCUT2D eigenvalue weighted by molar-refractivity contribution is -0.127. The third-order valence-corrected chi connectivity index (χ3v) is 3.49. The van der Waals surface area contributed by atoms with Crippen molar-refractivity contribution in [3.63, 3.8) is 0 Å². The Morgan fingerprint density at radius 1 is 1.09 bits per heavy atom. The standard InChI is InChI=1S/C19H23NO2/c1-15-10-12-18(13-11-15)22-16(2)19(21)20-14-6-9-17-7-4-3-5-8-17/h3-5,7-8,10-13,16H,6,9,14H2,1-2H3,(H,20,21)/t16-/m1/s1. The zero-order valence-electron chi connectivity index (χ0n) is 13.2. The van der Waals surface area contributed by atoms with Gasteiger partial charge in [-0.25, -0.2) is 0 Å². The Morgan fingerprint density at radius 2 is 1.77 bits per heavy atom. The van der Waals surface area contributed by atoms with Gasteiger partial charge in [0, 0.05) is 6.54 Å². The first-order valence-electron chi connectivity index (χ1n) is 7.70. The van der Waals surface area contributed by atoms with E-state index in [1.165, 1.54) is 11.1 Å². The molecule has 0 aromatic heterocycles. The van der Waals surface area contributed by atoms with Gasteiger partial charge in [-0.3, -0.25) is 4.79 Å². The second-order valence-electron chi connectivity index (χ2n) is 5.45. The molecule has 2 aromatic carbocycles. The predicted octanol–water partition coefficient (Wildman–Crippen LogP) is 3.51. The fourth-order valence-corrected chi connectivity index (χ4v) is 2.17. The van der Waals surface area contributed by atoms with E-state index in [4.69, 9.17) is 4.74 Å². The number of hydrogen-bond acceptors (Lipinski definition) is 2. The fraction of sp³-hybridized carbons (Fsp3) is 0.316. The van der Waals surface area contributed by atoms with Crippen molar-refractivity contribution in [2.75, 3.05) is 6.54 Å². The Balaban J connectivity index is 1.69. The van der Waals surface area contributed by atoms with Gasteiger partial charge >= 0.3 is 0 Å². The highest BCUT2D eigenvalue weighted by atomic mass is 16.5. The lowest BCUT2D eigenvalue weighted by Gasteiger charge is -2.14. The molecule has 1 amide bonds. The first kappa shape index (κ1) is 16.1. The molecule has 0 aliphatic heterocycles. The van der Waals surface area contributed by atoms with Gasteiger partial charge in [0.05, 0.1) is 0 Å². The Morgan fingerprint density at radius 3 is 2.45 bits per heavy atom. The Kier molecular flexibility index (Phi) is 6.01. The van der Waals surface area contributed by atoms with E-state index in [1.54, 1.807) is 6.92 Å². The second kappa shape index (κ2) is 8.23. The molecule has 116 valence electrons. The summed E-state index contributed by atoms with van der Waals surface area (Å²) in [5.41, 5.74) is 2.46. The maximum absolute atomic E-state index is 12.0. The molecule has 0 saturated carbocycles. The highest BCUT2D eigenvalue weighted by molar-refractivity contribution is 5.80. The van der Waals surface area contributed by atoms with Crippen LogP contribution in [0.3, 0.4) is 0 Å². The van der Waals surface area contributed by atoms with E-state index in [1.807, 2.05) is 49.4 Å². The molecule has 0 radical (unpaired) electrons. The topological polar surface area (TPSA) is 38.3 Å². The number of carbonyl (C=O) groups excluding carboxylic acids is 1. The summed E-state index contributed by atoms with van der Waals surface area (Å²) in [6, 6.07) is 18.0. The zero-order valence-corrected chi connectivity index (χ0v) is 13.2. The van der Waals surface area contributed by atoms with Gasteiger partial charge in [-0.1, -0.05) is 48.0 Å². The van der Waals surface area contributed by atoms with Crippen molar-refractivity contribution in [2.24, 2.45) is 0 Å². The van der Waals surface area contributed by atoms with Crippen LogP contribution in [0.2, 0.25) is 0 Å². The molecule has 3 heteroatoms. The summed E-state index contributed by atoms with van der Waals surface area (Å²) in [5, 5.41) is 2.92. The molecule has 3 nitrogen and oxygen atoms in total. The van der Waals surface area contributed by atoms with E-state index in [0.717, 1.165) is 18.6 Å². The minimum absolute atomic E-state index is 0.0753. The van der Waals surface area contributed by atoms with E-state index in [-0.39, 0.29) is 5.91 Å². The molecule has 0 heterocycles. The molecule has 0 spiro atoms. The maximum Gasteiger partial charge on any atom is 0.260 e. The van der Waals surface area contributed by atoms with Gasteiger partial charge in [-0.2, -0.15) is 0 Å². The SMILES string of the molecule is Cc1ccc(O[C@H](C)C(=O)NCCCc2ccccc2)cc1. The highest BCUT2D eigenvalue weighted by Gasteiger charge is 2.13. The number of amides is 1. The third-order valence-electron chi connectivity index (χ3n) is 3.49. The van der Waals surface area contributed by atoms with Crippen LogP contribution in [-0.4, -0.2) is 18.6 Å². The van der Waals surface area contributed by atoms with Crippen molar-refractivity contribution in [3.8, 4) is 5.75 Å². The van der Waals surface area contributed by atoms with Gasteiger partial charge in [-0.15, -0.1) is 0 Å². The summed E-state index contributed by atoms with van der Waals surface area (Å²) in [5.74, 6) is 0.645. The number of benzene rings is 2. The van der Waals surface area contributed by atoms with Gasteiger partial charge in [0.25, 0.3) is 5.91 Å². The molecule has 0 bridgehead atoms. The molecule has 1 atom stereocenters. The van der Waals surface area contributed by atoms with Gasteiger partial charge in [0.15, 0.2) is 6.10 Å². The van der Waals surface area contributed by atoms with Gasteiger partial charge in [-0.05, 0) is 44.4 Å². The average molecular weight is 297 g/mol. The van der Waals surface area contributed by atoms with Crippen LogP contribution < -0.4 is 10.1 Å². The number of carbonyl (C=O) groups is 1. The predicted molar refractivity (Wildman–Crippen MR) is 89.0 cm³/mol. The lowest BCUT2D eigenvalue weighted by atomic mass is 10.1. The van der Waals surface area contributed by atoms with E-state index < -0.39 is 6.10 Å². The number of ether oxygens (including phenoxy) is 1. The van der Waals surface area contributed by atoms with Crippen molar-refractivity contribution in [2.45, 2.75) is 32.8 Å². The molecular formula is C19H23NO2. The fourth-order valence-electron chi connectivity index (χ4n) is 2.17. The number of nitrogens with one attached hydrogen (secondary N) is 1. The number of hydrogen-bond donors (Lipinski definition) is 1. The first-order valence-corrected chi connectivity index (χ1v) is 7.70. The van der Waals surface area contributed by atoms with E-state index >= 15 is 0 Å². The Bertz CT molecular complexity index is 578. The van der Waals surface area contributed by atoms with Crippen LogP contribution in [-0.2, 0) is 11.2 Å². The van der Waals surface area contributed by atoms with Crippen molar-refractivity contribution in [1.29, 1.82) is 0 Å². The number of aryl methyl sites for hydroxylation is 2. The molecule has 2 rings (SSSR count). The van der Waals surface area contributed by atoms with Crippen LogP contribution in [0.1, 0.15) is 24.5 Å². The van der Waals surface area contributed by atoms with Crippen LogP contribution in [0.15, 0.2) is 54.6 Å².